The topological polar surface area (TPSA) is 79.5 Å². The molecule has 15 heavy (non-hydrogen) atoms. The van der Waals surface area contributed by atoms with Crippen molar-refractivity contribution in [2.75, 3.05) is 7.05 Å². The zero-order chi connectivity index (χ0) is 11.6. The molecule has 6 nitrogen and oxygen atoms in total. The van der Waals surface area contributed by atoms with Gasteiger partial charge in [-0.2, -0.15) is 0 Å². The summed E-state index contributed by atoms with van der Waals surface area (Å²) in [5.41, 5.74) is -0.956. The average Bonchev–Trinajstić information content (AvgIpc) is 2.50. The van der Waals surface area contributed by atoms with Crippen LogP contribution in [0.25, 0.3) is 0 Å². The predicted octanol–water partition coefficient (Wildman–Crippen LogP) is 0.673. The first kappa shape index (κ1) is 11.6. The number of carboxylic acid groups (broad SMARTS) is 1. The molecule has 0 aliphatic carbocycles. The van der Waals surface area contributed by atoms with Gasteiger partial charge in [-0.25, -0.2) is 0 Å². The van der Waals surface area contributed by atoms with E-state index in [1.807, 2.05) is 0 Å². The van der Waals surface area contributed by atoms with Gasteiger partial charge in [0, 0.05) is 6.92 Å². The van der Waals surface area contributed by atoms with Gasteiger partial charge in [0.2, 0.25) is 11.8 Å². The van der Waals surface area contributed by atoms with Crippen molar-refractivity contribution in [3.8, 4) is 0 Å². The van der Waals surface area contributed by atoms with E-state index in [4.69, 9.17) is 9.52 Å². The lowest BCUT2D eigenvalue weighted by Gasteiger charge is -2.29. The van der Waals surface area contributed by atoms with Gasteiger partial charge >= 0.3 is 5.97 Å². The van der Waals surface area contributed by atoms with E-state index in [1.54, 1.807) is 32.7 Å². The number of hydrogen-bond donors (Lipinski definition) is 1. The maximum Gasteiger partial charge on any atom is 0.323 e. The molecule has 0 aromatic carbocycles. The van der Waals surface area contributed by atoms with E-state index in [9.17, 15) is 4.79 Å². The summed E-state index contributed by atoms with van der Waals surface area (Å²) in [7, 11) is 1.70. The maximum absolute atomic E-state index is 10.9. The van der Waals surface area contributed by atoms with Gasteiger partial charge in [-0.3, -0.25) is 9.69 Å². The highest BCUT2D eigenvalue weighted by Gasteiger charge is 2.32. The number of rotatable bonds is 4. The van der Waals surface area contributed by atoms with Gasteiger partial charge in [-0.05, 0) is 20.9 Å². The number of carbonyl (C=O) groups is 1. The minimum atomic E-state index is -0.956. The van der Waals surface area contributed by atoms with Gasteiger partial charge in [0.25, 0.3) is 0 Å². The molecule has 0 aliphatic rings. The third-order valence-corrected chi connectivity index (χ3v) is 2.42. The maximum atomic E-state index is 10.9. The van der Waals surface area contributed by atoms with E-state index in [2.05, 4.69) is 10.2 Å². The summed E-state index contributed by atoms with van der Waals surface area (Å²) in [6, 6.07) is 0. The number of aliphatic carboxylic acids is 1. The molecule has 0 amide bonds. The normalized spacial score (nSPS) is 12.1. The molecule has 1 rings (SSSR count). The number of aromatic nitrogens is 2. The Kier molecular flexibility index (Phi) is 3.09. The molecule has 1 aromatic heterocycles. The van der Waals surface area contributed by atoms with Crippen molar-refractivity contribution in [2.45, 2.75) is 32.9 Å². The van der Waals surface area contributed by atoms with Gasteiger partial charge in [0.05, 0.1) is 6.54 Å². The van der Waals surface area contributed by atoms with Gasteiger partial charge in [-0.15, -0.1) is 10.2 Å². The molecule has 0 bridgehead atoms. The molecule has 0 spiro atoms. The monoisotopic (exact) mass is 213 g/mol. The second-order valence-corrected chi connectivity index (χ2v) is 3.94. The lowest BCUT2D eigenvalue weighted by Crippen LogP contribution is -2.47. The van der Waals surface area contributed by atoms with E-state index >= 15 is 0 Å². The Balaban J connectivity index is 2.71. The van der Waals surface area contributed by atoms with Gasteiger partial charge in [0.15, 0.2) is 0 Å². The Hall–Kier alpha value is -1.43. The lowest BCUT2D eigenvalue weighted by molar-refractivity contribution is -0.149. The van der Waals surface area contributed by atoms with Crippen LogP contribution in [0, 0.1) is 6.92 Å². The van der Waals surface area contributed by atoms with Crippen molar-refractivity contribution in [1.82, 2.24) is 15.1 Å². The Morgan fingerprint density at radius 2 is 2.13 bits per heavy atom. The Bertz CT molecular complexity index is 359. The van der Waals surface area contributed by atoms with Crippen LogP contribution in [0.1, 0.15) is 25.6 Å². The Morgan fingerprint density at radius 1 is 1.53 bits per heavy atom. The third-order valence-electron chi connectivity index (χ3n) is 2.42. The highest BCUT2D eigenvalue weighted by atomic mass is 16.4. The van der Waals surface area contributed by atoms with Crippen molar-refractivity contribution >= 4 is 5.97 Å². The van der Waals surface area contributed by atoms with E-state index in [-0.39, 0.29) is 0 Å². The molecule has 0 unspecified atom stereocenters. The number of hydrogen-bond acceptors (Lipinski definition) is 5. The van der Waals surface area contributed by atoms with Gasteiger partial charge in [-0.1, -0.05) is 0 Å². The highest BCUT2D eigenvalue weighted by molar-refractivity contribution is 5.77. The molecule has 6 heteroatoms. The van der Waals surface area contributed by atoms with Crippen LogP contribution in [0.3, 0.4) is 0 Å². The summed E-state index contributed by atoms with van der Waals surface area (Å²) in [4.78, 5) is 12.6. The fourth-order valence-corrected chi connectivity index (χ4v) is 0.965. The number of aryl methyl sites for hydroxylation is 1. The fraction of sp³-hybridized carbons (Fsp3) is 0.667. The second kappa shape index (κ2) is 3.98. The lowest BCUT2D eigenvalue weighted by atomic mass is 10.0. The first-order valence-electron chi connectivity index (χ1n) is 4.57. The average molecular weight is 213 g/mol. The van der Waals surface area contributed by atoms with Crippen molar-refractivity contribution in [3.05, 3.63) is 11.8 Å². The summed E-state index contributed by atoms with van der Waals surface area (Å²) in [5.74, 6) is 0.0112. The summed E-state index contributed by atoms with van der Waals surface area (Å²) >= 11 is 0. The molecule has 0 saturated heterocycles. The van der Waals surface area contributed by atoms with Crippen LogP contribution < -0.4 is 0 Å². The number of nitrogens with zero attached hydrogens (tertiary/aromatic N) is 3. The van der Waals surface area contributed by atoms with Crippen LogP contribution in [-0.4, -0.2) is 38.8 Å². The minimum Gasteiger partial charge on any atom is -0.480 e. The smallest absolute Gasteiger partial charge is 0.323 e. The standard InChI is InChI=1S/C9H15N3O3/c1-6-10-11-7(15-6)5-12(4)9(2,3)8(13)14/h5H2,1-4H3,(H,13,14). The van der Waals surface area contributed by atoms with Crippen molar-refractivity contribution in [1.29, 1.82) is 0 Å². The zero-order valence-corrected chi connectivity index (χ0v) is 9.31. The largest absolute Gasteiger partial charge is 0.480 e. The molecule has 0 saturated carbocycles. The van der Waals surface area contributed by atoms with Crippen molar-refractivity contribution < 1.29 is 14.3 Å². The number of likely N-dealkylation sites (N-methyl/N-ethyl adjacent to an activating group) is 1. The molecular formula is C9H15N3O3. The van der Waals surface area contributed by atoms with E-state index in [0.717, 1.165) is 0 Å². The first-order chi connectivity index (χ1) is 6.84. The van der Waals surface area contributed by atoms with Crippen LogP contribution >= 0.6 is 0 Å². The fourth-order valence-electron chi connectivity index (χ4n) is 0.965. The Labute approximate surface area is 87.9 Å². The molecule has 0 aliphatic heterocycles. The van der Waals surface area contributed by atoms with Crippen LogP contribution in [0.15, 0.2) is 4.42 Å². The van der Waals surface area contributed by atoms with Gasteiger partial charge in [0.1, 0.15) is 5.54 Å². The van der Waals surface area contributed by atoms with Crippen molar-refractivity contribution in [3.63, 3.8) is 0 Å². The van der Waals surface area contributed by atoms with Crippen molar-refractivity contribution in [2.24, 2.45) is 0 Å². The summed E-state index contributed by atoms with van der Waals surface area (Å²) in [5, 5.41) is 16.5. The van der Waals surface area contributed by atoms with E-state index in [0.29, 0.717) is 18.3 Å². The molecule has 0 fully saturated rings. The molecule has 1 aromatic rings. The molecule has 1 N–H and O–H groups in total. The minimum absolute atomic E-state index is 0.320. The van der Waals surface area contributed by atoms with Crippen LogP contribution in [-0.2, 0) is 11.3 Å². The molecule has 0 atom stereocenters. The number of carboxylic acids is 1. The molecule has 1 heterocycles. The quantitative estimate of drug-likeness (QED) is 0.792. The predicted molar refractivity (Wildman–Crippen MR) is 52.2 cm³/mol. The van der Waals surface area contributed by atoms with Gasteiger partial charge < -0.3 is 9.52 Å². The SMILES string of the molecule is Cc1nnc(CN(C)C(C)(C)C(=O)O)o1. The molecule has 84 valence electrons. The molecule has 0 radical (unpaired) electrons. The Morgan fingerprint density at radius 3 is 2.53 bits per heavy atom. The van der Waals surface area contributed by atoms with E-state index in [1.165, 1.54) is 0 Å². The summed E-state index contributed by atoms with van der Waals surface area (Å²) in [6.07, 6.45) is 0. The van der Waals surface area contributed by atoms with Crippen LogP contribution in [0.5, 0.6) is 0 Å². The van der Waals surface area contributed by atoms with Crippen LogP contribution in [0.2, 0.25) is 0 Å². The second-order valence-electron chi connectivity index (χ2n) is 3.94. The highest BCUT2D eigenvalue weighted by Crippen LogP contribution is 2.15. The summed E-state index contributed by atoms with van der Waals surface area (Å²) in [6.45, 7) is 5.26. The summed E-state index contributed by atoms with van der Waals surface area (Å²) < 4.78 is 5.17. The van der Waals surface area contributed by atoms with E-state index < -0.39 is 11.5 Å². The first-order valence-corrected chi connectivity index (χ1v) is 4.57. The molecular weight excluding hydrogens is 198 g/mol. The third kappa shape index (κ3) is 2.53. The van der Waals surface area contributed by atoms with Crippen LogP contribution in [0.4, 0.5) is 0 Å². The zero-order valence-electron chi connectivity index (χ0n) is 9.31.